The average molecular weight is 545 g/mol. The van der Waals surface area contributed by atoms with Crippen LogP contribution in [0.25, 0.3) is 5.57 Å². The van der Waals surface area contributed by atoms with E-state index in [1.165, 1.54) is 14.2 Å². The molecule has 0 bridgehead atoms. The molecule has 1 saturated heterocycles. The van der Waals surface area contributed by atoms with Crippen molar-refractivity contribution >= 4 is 44.5 Å². The average Bonchev–Trinajstić information content (AvgIpc) is 3.24. The minimum absolute atomic E-state index is 0.249. The predicted molar refractivity (Wildman–Crippen MR) is 145 cm³/mol. The summed E-state index contributed by atoms with van der Waals surface area (Å²) in [5.74, 6) is 0.488. The molecule has 0 radical (unpaired) electrons. The Bertz CT molecular complexity index is 1350. The second-order valence-corrected chi connectivity index (χ2v) is 10.8. The fourth-order valence-corrected chi connectivity index (χ4v) is 5.29. The topological polar surface area (TPSA) is 127 Å². The van der Waals surface area contributed by atoms with E-state index in [-0.39, 0.29) is 18.4 Å². The number of anilines is 3. The SMILES string of the molecule is CCC(Nc1ccc(N(CC(=O)N2CCOCC2)S(C)(=O)=O)cc1)=C1C(=O)Nc2cc(OC)c(OC)cc21. The number of amides is 2. The number of carbonyl (C=O) groups excluding carboxylic acids is 2. The van der Waals surface area contributed by atoms with Crippen LogP contribution in [0.1, 0.15) is 18.9 Å². The van der Waals surface area contributed by atoms with Crippen molar-refractivity contribution in [1.82, 2.24) is 4.90 Å². The van der Waals surface area contributed by atoms with Gasteiger partial charge in [0, 0.05) is 36.1 Å². The molecule has 2 aliphatic rings. The van der Waals surface area contributed by atoms with Crippen LogP contribution >= 0.6 is 0 Å². The van der Waals surface area contributed by atoms with Crippen molar-refractivity contribution in [2.75, 3.05) is 68.3 Å². The summed E-state index contributed by atoms with van der Waals surface area (Å²) < 4.78 is 42.2. The van der Waals surface area contributed by atoms with E-state index in [9.17, 15) is 18.0 Å². The molecule has 2 N–H and O–H groups in total. The zero-order valence-corrected chi connectivity index (χ0v) is 22.7. The first kappa shape index (κ1) is 27.3. The molecule has 38 heavy (non-hydrogen) atoms. The van der Waals surface area contributed by atoms with E-state index in [1.54, 1.807) is 41.3 Å². The molecule has 2 aromatic carbocycles. The highest BCUT2D eigenvalue weighted by Gasteiger charge is 2.30. The van der Waals surface area contributed by atoms with Crippen molar-refractivity contribution in [1.29, 1.82) is 0 Å². The molecule has 0 saturated carbocycles. The molecule has 2 amide bonds. The van der Waals surface area contributed by atoms with Gasteiger partial charge in [-0.05, 0) is 36.8 Å². The molecular weight excluding hydrogens is 512 g/mol. The maximum Gasteiger partial charge on any atom is 0.258 e. The Hall–Kier alpha value is -3.77. The molecule has 0 aliphatic carbocycles. The van der Waals surface area contributed by atoms with Gasteiger partial charge in [-0.25, -0.2) is 8.42 Å². The van der Waals surface area contributed by atoms with Gasteiger partial charge in [0.05, 0.1) is 50.6 Å². The highest BCUT2D eigenvalue weighted by molar-refractivity contribution is 7.92. The van der Waals surface area contributed by atoms with Crippen LogP contribution in [0.2, 0.25) is 0 Å². The summed E-state index contributed by atoms with van der Waals surface area (Å²) in [7, 11) is -0.643. The second-order valence-electron chi connectivity index (χ2n) is 8.85. The maximum atomic E-state index is 12.9. The minimum Gasteiger partial charge on any atom is -0.493 e. The highest BCUT2D eigenvalue weighted by atomic mass is 32.2. The Kier molecular flexibility index (Phi) is 8.12. The van der Waals surface area contributed by atoms with E-state index in [0.717, 1.165) is 10.6 Å². The number of hydrogen-bond acceptors (Lipinski definition) is 8. The lowest BCUT2D eigenvalue weighted by Gasteiger charge is -2.30. The largest absolute Gasteiger partial charge is 0.493 e. The lowest BCUT2D eigenvalue weighted by atomic mass is 10.0. The lowest BCUT2D eigenvalue weighted by molar-refractivity contribution is -0.133. The van der Waals surface area contributed by atoms with Gasteiger partial charge in [-0.3, -0.25) is 13.9 Å². The number of carbonyl (C=O) groups is 2. The normalized spacial score (nSPS) is 16.4. The molecule has 1 fully saturated rings. The molecule has 2 aromatic rings. The Morgan fingerprint density at radius 3 is 2.32 bits per heavy atom. The quantitative estimate of drug-likeness (QED) is 0.461. The number of nitrogens with zero attached hydrogens (tertiary/aromatic N) is 2. The van der Waals surface area contributed by atoms with Gasteiger partial charge in [-0.15, -0.1) is 0 Å². The van der Waals surface area contributed by atoms with Gasteiger partial charge in [-0.2, -0.15) is 0 Å². The third-order valence-corrected chi connectivity index (χ3v) is 7.56. The van der Waals surface area contributed by atoms with Gasteiger partial charge in [-0.1, -0.05) is 6.92 Å². The van der Waals surface area contributed by atoms with Crippen LogP contribution in [-0.2, 0) is 24.3 Å². The Morgan fingerprint density at radius 2 is 1.74 bits per heavy atom. The predicted octanol–water partition coefficient (Wildman–Crippen LogP) is 2.51. The van der Waals surface area contributed by atoms with Gasteiger partial charge in [0.2, 0.25) is 15.9 Å². The van der Waals surface area contributed by atoms with Gasteiger partial charge >= 0.3 is 0 Å². The molecule has 2 aliphatic heterocycles. The monoisotopic (exact) mass is 544 g/mol. The van der Waals surface area contributed by atoms with E-state index < -0.39 is 10.0 Å². The highest BCUT2D eigenvalue weighted by Crippen LogP contribution is 2.42. The lowest BCUT2D eigenvalue weighted by Crippen LogP contribution is -2.47. The van der Waals surface area contributed by atoms with E-state index in [0.29, 0.717) is 78.1 Å². The zero-order valence-electron chi connectivity index (χ0n) is 21.9. The number of fused-ring (bicyclic) bond motifs is 1. The van der Waals surface area contributed by atoms with Gasteiger partial charge in [0.1, 0.15) is 6.54 Å². The number of nitrogens with one attached hydrogen (secondary N) is 2. The summed E-state index contributed by atoms with van der Waals surface area (Å²) in [6.07, 6.45) is 1.60. The third-order valence-electron chi connectivity index (χ3n) is 6.42. The fraction of sp³-hybridized carbons (Fsp3) is 0.385. The molecule has 204 valence electrons. The molecule has 0 aromatic heterocycles. The number of benzene rings is 2. The molecule has 0 unspecified atom stereocenters. The maximum absolute atomic E-state index is 12.9. The molecule has 4 rings (SSSR count). The number of ether oxygens (including phenoxy) is 3. The van der Waals surface area contributed by atoms with Crippen LogP contribution in [0.4, 0.5) is 17.1 Å². The fourth-order valence-electron chi connectivity index (χ4n) is 4.44. The van der Waals surface area contributed by atoms with Gasteiger partial charge < -0.3 is 29.7 Å². The van der Waals surface area contributed by atoms with Crippen molar-refractivity contribution in [3.8, 4) is 11.5 Å². The standard InChI is InChI=1S/C26H32N4O7S/c1-5-20(25-19-14-22(35-2)23(36-3)15-21(19)28-26(25)32)27-17-6-8-18(9-7-17)30(38(4,33)34)16-24(31)29-10-12-37-13-11-29/h6-9,14-15,27H,5,10-13,16H2,1-4H3,(H,28,32). The summed E-state index contributed by atoms with van der Waals surface area (Å²) >= 11 is 0. The van der Waals surface area contributed by atoms with Crippen molar-refractivity contribution in [3.05, 3.63) is 47.7 Å². The molecule has 0 spiro atoms. The molecule has 12 heteroatoms. The number of allylic oxidation sites excluding steroid dienone is 1. The van der Waals surface area contributed by atoms with Crippen LogP contribution in [0.5, 0.6) is 11.5 Å². The van der Waals surface area contributed by atoms with Gasteiger partial charge in [0.15, 0.2) is 11.5 Å². The molecule has 2 heterocycles. The summed E-state index contributed by atoms with van der Waals surface area (Å²) in [6.45, 7) is 3.37. The van der Waals surface area contributed by atoms with E-state index >= 15 is 0 Å². The first-order valence-corrected chi connectivity index (χ1v) is 14.0. The summed E-state index contributed by atoms with van der Waals surface area (Å²) in [6, 6.07) is 10.2. The Balaban J connectivity index is 1.59. The summed E-state index contributed by atoms with van der Waals surface area (Å²) in [5.41, 5.74) is 3.52. The number of rotatable bonds is 9. The van der Waals surface area contributed by atoms with Crippen LogP contribution < -0.4 is 24.4 Å². The number of sulfonamides is 1. The number of hydrogen-bond donors (Lipinski definition) is 2. The molecule has 0 atom stereocenters. The van der Waals surface area contributed by atoms with Crippen molar-refractivity contribution in [2.45, 2.75) is 13.3 Å². The smallest absolute Gasteiger partial charge is 0.258 e. The number of morpholine rings is 1. The van der Waals surface area contributed by atoms with Crippen LogP contribution in [0.3, 0.4) is 0 Å². The van der Waals surface area contributed by atoms with Crippen LogP contribution in [0, 0.1) is 0 Å². The van der Waals surface area contributed by atoms with Crippen LogP contribution in [-0.4, -0.2) is 78.5 Å². The first-order valence-electron chi connectivity index (χ1n) is 12.2. The first-order chi connectivity index (χ1) is 18.2. The van der Waals surface area contributed by atoms with Crippen molar-refractivity contribution in [2.24, 2.45) is 0 Å². The number of methoxy groups -OCH3 is 2. The van der Waals surface area contributed by atoms with Crippen molar-refractivity contribution < 1.29 is 32.2 Å². The Labute approximate surface area is 222 Å². The molecule has 11 nitrogen and oxygen atoms in total. The molecular formula is C26H32N4O7S. The van der Waals surface area contributed by atoms with E-state index in [4.69, 9.17) is 14.2 Å². The third kappa shape index (κ3) is 5.70. The van der Waals surface area contributed by atoms with Crippen molar-refractivity contribution in [3.63, 3.8) is 0 Å². The zero-order chi connectivity index (χ0) is 27.4. The summed E-state index contributed by atoms with van der Waals surface area (Å²) in [5, 5.41) is 6.17. The van der Waals surface area contributed by atoms with E-state index in [1.807, 2.05) is 6.92 Å². The second kappa shape index (κ2) is 11.3. The minimum atomic E-state index is -3.71. The summed E-state index contributed by atoms with van der Waals surface area (Å²) in [4.78, 5) is 27.2. The van der Waals surface area contributed by atoms with Gasteiger partial charge in [0.25, 0.3) is 5.91 Å². The Morgan fingerprint density at radius 1 is 1.11 bits per heavy atom. The van der Waals surface area contributed by atoms with E-state index in [2.05, 4.69) is 10.6 Å². The van der Waals surface area contributed by atoms with Crippen LogP contribution in [0.15, 0.2) is 42.1 Å².